The van der Waals surface area contributed by atoms with Gasteiger partial charge in [-0.1, -0.05) is 24.3 Å². The summed E-state index contributed by atoms with van der Waals surface area (Å²) in [5.41, 5.74) is 1.27. The van der Waals surface area contributed by atoms with Crippen molar-refractivity contribution in [2.75, 3.05) is 53.9 Å². The Bertz CT molecular complexity index is 1130. The summed E-state index contributed by atoms with van der Waals surface area (Å²) in [5.74, 6) is -0.815. The molecular formula is C32H38O10. The minimum atomic E-state index is -0.687. The predicted molar refractivity (Wildman–Crippen MR) is 156 cm³/mol. The standard InChI is InChI=1S/C32H38O10/c1-23(33)29(31(35)41-19-17-37-3)21-25-7-11-27(12-8-25)39-15-5-6-16-40-28-13-9-26(10-14-28)22-30(24(2)34)32(36)42-20-18-38-4/h7-14,21-22H,5-6,15-20H2,1-4H3/b29-21-,30-22-. The van der Waals surface area contributed by atoms with Crippen molar-refractivity contribution in [3.63, 3.8) is 0 Å². The van der Waals surface area contributed by atoms with Gasteiger partial charge in [-0.15, -0.1) is 0 Å². The number of benzene rings is 2. The van der Waals surface area contributed by atoms with Gasteiger partial charge < -0.3 is 28.4 Å². The Hall–Kier alpha value is -4.28. The molecule has 0 aromatic heterocycles. The molecule has 0 aliphatic heterocycles. The highest BCUT2D eigenvalue weighted by Crippen LogP contribution is 2.18. The van der Waals surface area contributed by atoms with Crippen LogP contribution in [0.25, 0.3) is 12.2 Å². The zero-order valence-electron chi connectivity index (χ0n) is 24.5. The Morgan fingerprint density at radius 3 is 1.21 bits per heavy atom. The maximum absolute atomic E-state index is 12.2. The molecule has 0 spiro atoms. The average molecular weight is 583 g/mol. The zero-order valence-corrected chi connectivity index (χ0v) is 24.5. The van der Waals surface area contributed by atoms with Gasteiger partial charge in [-0.2, -0.15) is 0 Å². The average Bonchev–Trinajstić information content (AvgIpc) is 2.97. The van der Waals surface area contributed by atoms with Crippen LogP contribution in [-0.2, 0) is 38.1 Å². The van der Waals surface area contributed by atoms with Crippen molar-refractivity contribution in [1.29, 1.82) is 0 Å². The molecule has 10 heteroatoms. The first-order valence-corrected chi connectivity index (χ1v) is 13.5. The normalized spacial score (nSPS) is 11.5. The van der Waals surface area contributed by atoms with Crippen LogP contribution in [0.5, 0.6) is 11.5 Å². The summed E-state index contributed by atoms with van der Waals surface area (Å²) in [6.45, 7) is 4.25. The molecule has 42 heavy (non-hydrogen) atoms. The molecule has 2 aromatic carbocycles. The smallest absolute Gasteiger partial charge is 0.341 e. The number of methoxy groups -OCH3 is 2. The number of unbranched alkanes of at least 4 members (excludes halogenated alkanes) is 1. The third-order valence-electron chi connectivity index (χ3n) is 5.70. The van der Waals surface area contributed by atoms with Crippen molar-refractivity contribution < 1.29 is 47.6 Å². The molecule has 226 valence electrons. The number of hydrogen-bond acceptors (Lipinski definition) is 10. The van der Waals surface area contributed by atoms with E-state index in [1.807, 2.05) is 0 Å². The van der Waals surface area contributed by atoms with Crippen LogP contribution >= 0.6 is 0 Å². The molecule has 0 heterocycles. The van der Waals surface area contributed by atoms with E-state index in [1.165, 1.54) is 40.2 Å². The maximum Gasteiger partial charge on any atom is 0.341 e. The van der Waals surface area contributed by atoms with E-state index >= 15 is 0 Å². The van der Waals surface area contributed by atoms with Gasteiger partial charge >= 0.3 is 11.9 Å². The first-order chi connectivity index (χ1) is 20.2. The van der Waals surface area contributed by atoms with Crippen molar-refractivity contribution in [2.45, 2.75) is 26.7 Å². The van der Waals surface area contributed by atoms with Crippen LogP contribution in [0.2, 0.25) is 0 Å². The van der Waals surface area contributed by atoms with Gasteiger partial charge in [-0.25, -0.2) is 9.59 Å². The lowest BCUT2D eigenvalue weighted by Crippen LogP contribution is -2.16. The monoisotopic (exact) mass is 582 g/mol. The van der Waals surface area contributed by atoms with E-state index < -0.39 is 11.9 Å². The third kappa shape index (κ3) is 12.5. The van der Waals surface area contributed by atoms with Crippen LogP contribution in [0, 0.1) is 0 Å². The number of Topliss-reactive ketones (excluding diaryl/α,β-unsaturated/α-hetero) is 2. The number of ether oxygens (including phenoxy) is 6. The number of ketones is 2. The van der Waals surface area contributed by atoms with E-state index in [-0.39, 0.29) is 49.1 Å². The fraction of sp³-hybridized carbons (Fsp3) is 0.375. The van der Waals surface area contributed by atoms with Gasteiger partial charge in [0.25, 0.3) is 0 Å². The lowest BCUT2D eigenvalue weighted by atomic mass is 10.1. The Kier molecular flexibility index (Phi) is 15.3. The van der Waals surface area contributed by atoms with Crippen molar-refractivity contribution in [3.05, 3.63) is 70.8 Å². The molecule has 0 radical (unpaired) electrons. The summed E-state index contributed by atoms with van der Waals surface area (Å²) in [4.78, 5) is 48.1. The van der Waals surface area contributed by atoms with Gasteiger partial charge in [-0.05, 0) is 74.2 Å². The summed E-state index contributed by atoms with van der Waals surface area (Å²) in [6.07, 6.45) is 4.50. The van der Waals surface area contributed by atoms with Crippen molar-refractivity contribution in [1.82, 2.24) is 0 Å². The SMILES string of the molecule is COCCOC(=O)/C(=C\c1ccc(OCCCCOc2ccc(/C=C(/C(C)=O)C(=O)OCCOC)cc2)cc1)C(C)=O. The van der Waals surface area contributed by atoms with Gasteiger partial charge in [0.1, 0.15) is 35.9 Å². The van der Waals surface area contributed by atoms with Crippen LogP contribution in [-0.4, -0.2) is 77.4 Å². The molecular weight excluding hydrogens is 544 g/mol. The molecule has 0 amide bonds. The molecule has 0 N–H and O–H groups in total. The maximum atomic E-state index is 12.2. The minimum absolute atomic E-state index is 0.0369. The second kappa shape index (κ2) is 19.0. The lowest BCUT2D eigenvalue weighted by Gasteiger charge is -2.09. The van der Waals surface area contributed by atoms with Crippen LogP contribution in [0.4, 0.5) is 0 Å². The number of hydrogen-bond donors (Lipinski definition) is 0. The topological polar surface area (TPSA) is 124 Å². The largest absolute Gasteiger partial charge is 0.494 e. The quantitative estimate of drug-likeness (QED) is 0.0781. The molecule has 2 rings (SSSR count). The van der Waals surface area contributed by atoms with E-state index in [2.05, 4.69) is 0 Å². The molecule has 0 atom stereocenters. The summed E-state index contributed by atoms with van der Waals surface area (Å²) in [7, 11) is 2.99. The second-order valence-corrected chi connectivity index (χ2v) is 9.03. The highest BCUT2D eigenvalue weighted by atomic mass is 16.6. The van der Waals surface area contributed by atoms with Gasteiger partial charge in [0.2, 0.25) is 0 Å². The molecule has 0 fully saturated rings. The van der Waals surface area contributed by atoms with E-state index in [9.17, 15) is 19.2 Å². The van der Waals surface area contributed by atoms with Gasteiger partial charge in [0.05, 0.1) is 26.4 Å². The summed E-state index contributed by atoms with van der Waals surface area (Å²) < 4.78 is 31.3. The van der Waals surface area contributed by atoms with Gasteiger partial charge in [-0.3, -0.25) is 9.59 Å². The van der Waals surface area contributed by atoms with E-state index in [0.717, 1.165) is 12.8 Å². The zero-order chi connectivity index (χ0) is 30.7. The Morgan fingerprint density at radius 2 is 0.905 bits per heavy atom. The summed E-state index contributed by atoms with van der Waals surface area (Å²) in [5, 5.41) is 0. The predicted octanol–water partition coefficient (Wildman–Crippen LogP) is 4.25. The Balaban J connectivity index is 1.77. The molecule has 0 saturated heterocycles. The van der Waals surface area contributed by atoms with Crippen LogP contribution in [0.15, 0.2) is 59.7 Å². The van der Waals surface area contributed by atoms with E-state index in [4.69, 9.17) is 28.4 Å². The van der Waals surface area contributed by atoms with E-state index in [1.54, 1.807) is 48.5 Å². The Labute approximate surface area is 246 Å². The second-order valence-electron chi connectivity index (χ2n) is 9.03. The highest BCUT2D eigenvalue weighted by molar-refractivity contribution is 6.20. The van der Waals surface area contributed by atoms with Gasteiger partial charge in [0.15, 0.2) is 11.6 Å². The molecule has 0 unspecified atom stereocenters. The molecule has 0 saturated carbocycles. The molecule has 2 aromatic rings. The number of carbonyl (C=O) groups excluding carboxylic acids is 4. The molecule has 0 aliphatic carbocycles. The highest BCUT2D eigenvalue weighted by Gasteiger charge is 2.17. The first kappa shape index (κ1) is 33.9. The number of carbonyl (C=O) groups is 4. The fourth-order valence-corrected chi connectivity index (χ4v) is 3.44. The number of esters is 2. The Morgan fingerprint density at radius 1 is 0.548 bits per heavy atom. The molecule has 0 bridgehead atoms. The molecule has 0 aliphatic rings. The van der Waals surface area contributed by atoms with Gasteiger partial charge in [0, 0.05) is 14.2 Å². The van der Waals surface area contributed by atoms with E-state index in [0.29, 0.717) is 35.8 Å². The van der Waals surface area contributed by atoms with Crippen LogP contribution < -0.4 is 9.47 Å². The fourth-order valence-electron chi connectivity index (χ4n) is 3.44. The third-order valence-corrected chi connectivity index (χ3v) is 5.70. The van der Waals surface area contributed by atoms with Crippen molar-refractivity contribution >= 4 is 35.7 Å². The summed E-state index contributed by atoms with van der Waals surface area (Å²) in [6, 6.07) is 14.1. The number of rotatable bonds is 19. The molecule has 10 nitrogen and oxygen atoms in total. The van der Waals surface area contributed by atoms with Crippen molar-refractivity contribution in [3.8, 4) is 11.5 Å². The van der Waals surface area contributed by atoms with Crippen LogP contribution in [0.1, 0.15) is 37.8 Å². The lowest BCUT2D eigenvalue weighted by molar-refractivity contribution is -0.142. The van der Waals surface area contributed by atoms with Crippen LogP contribution in [0.3, 0.4) is 0 Å². The summed E-state index contributed by atoms with van der Waals surface area (Å²) >= 11 is 0. The van der Waals surface area contributed by atoms with Crippen molar-refractivity contribution in [2.24, 2.45) is 0 Å². The first-order valence-electron chi connectivity index (χ1n) is 13.5. The minimum Gasteiger partial charge on any atom is -0.494 e.